The number of nitrogens with zero attached hydrogens (tertiary/aromatic N) is 1. The Bertz CT molecular complexity index is 1110. The molecule has 0 radical (unpaired) electrons. The lowest BCUT2D eigenvalue weighted by Gasteiger charge is -2.19. The highest BCUT2D eigenvalue weighted by molar-refractivity contribution is 6.31. The molecule has 4 aromatic rings. The quantitative estimate of drug-likeness (QED) is 0.360. The number of fused-ring (bicyclic) bond motifs is 1. The van der Waals surface area contributed by atoms with E-state index in [4.69, 9.17) is 21.3 Å². The summed E-state index contributed by atoms with van der Waals surface area (Å²) in [6, 6.07) is 26.2. The van der Waals surface area contributed by atoms with E-state index >= 15 is 0 Å². The summed E-state index contributed by atoms with van der Waals surface area (Å²) in [5, 5.41) is 2.60. The van der Waals surface area contributed by atoms with Crippen molar-refractivity contribution in [3.8, 4) is 22.9 Å². The summed E-state index contributed by atoms with van der Waals surface area (Å²) in [5.74, 6) is 1.31. The van der Waals surface area contributed by atoms with Crippen LogP contribution in [0.25, 0.3) is 22.0 Å². The molecule has 2 nitrogen and oxygen atoms in total. The van der Waals surface area contributed by atoms with Crippen LogP contribution in [-0.4, -0.2) is 4.98 Å². The molecule has 3 aromatic carbocycles. The van der Waals surface area contributed by atoms with Crippen LogP contribution in [0, 0.1) is 0 Å². The van der Waals surface area contributed by atoms with Gasteiger partial charge in [0, 0.05) is 16.0 Å². The van der Waals surface area contributed by atoms with Gasteiger partial charge in [0.15, 0.2) is 0 Å². The van der Waals surface area contributed by atoms with E-state index in [1.807, 2.05) is 60.7 Å². The molecule has 3 heteroatoms. The minimum Gasteiger partial charge on any atom is -0.438 e. The predicted octanol–water partition coefficient (Wildman–Crippen LogP) is 7.65. The average Bonchev–Trinajstić information content (AvgIpc) is 2.68. The minimum atomic E-state index is 0.101. The summed E-state index contributed by atoms with van der Waals surface area (Å²) in [6.07, 6.45) is 0. The van der Waals surface area contributed by atoms with Gasteiger partial charge in [-0.25, -0.2) is 4.98 Å². The maximum Gasteiger partial charge on any atom is 0.227 e. The van der Waals surface area contributed by atoms with Crippen molar-refractivity contribution in [1.29, 1.82) is 0 Å². The number of rotatable bonds is 3. The highest BCUT2D eigenvalue weighted by Crippen LogP contribution is 2.34. The number of ether oxygens (including phenoxy) is 1. The van der Waals surface area contributed by atoms with Crippen LogP contribution >= 0.6 is 11.6 Å². The third-order valence-corrected chi connectivity index (χ3v) is 5.00. The summed E-state index contributed by atoms with van der Waals surface area (Å²) >= 11 is 6.24. The Hall–Kier alpha value is -2.84. The van der Waals surface area contributed by atoms with Gasteiger partial charge in [0.05, 0.1) is 5.69 Å². The second-order valence-corrected chi connectivity index (χ2v) is 8.36. The SMILES string of the molecule is CC(C)(C)c1ccc(Oc2nc(-c3ccccc3)cc3ccc(Cl)cc23)cc1. The zero-order valence-corrected chi connectivity index (χ0v) is 17.0. The second kappa shape index (κ2) is 7.29. The van der Waals surface area contributed by atoms with Crippen molar-refractivity contribution in [2.24, 2.45) is 0 Å². The van der Waals surface area contributed by atoms with Crippen molar-refractivity contribution in [2.75, 3.05) is 0 Å². The smallest absolute Gasteiger partial charge is 0.227 e. The first-order valence-corrected chi connectivity index (χ1v) is 9.72. The van der Waals surface area contributed by atoms with E-state index < -0.39 is 0 Å². The zero-order chi connectivity index (χ0) is 19.7. The Morgan fingerprint density at radius 1 is 0.821 bits per heavy atom. The largest absolute Gasteiger partial charge is 0.438 e. The summed E-state index contributed by atoms with van der Waals surface area (Å²) < 4.78 is 6.21. The molecule has 0 saturated heterocycles. The Morgan fingerprint density at radius 2 is 1.54 bits per heavy atom. The van der Waals surface area contributed by atoms with Crippen LogP contribution in [0.5, 0.6) is 11.6 Å². The molecule has 0 aliphatic carbocycles. The Morgan fingerprint density at radius 3 is 2.21 bits per heavy atom. The first-order chi connectivity index (χ1) is 13.4. The highest BCUT2D eigenvalue weighted by Gasteiger charge is 2.14. The van der Waals surface area contributed by atoms with Crippen LogP contribution in [0.15, 0.2) is 78.9 Å². The molecule has 1 aromatic heterocycles. The maximum atomic E-state index is 6.24. The van der Waals surface area contributed by atoms with Gasteiger partial charge in [-0.1, -0.05) is 80.9 Å². The van der Waals surface area contributed by atoms with Crippen molar-refractivity contribution < 1.29 is 4.74 Å². The summed E-state index contributed by atoms with van der Waals surface area (Å²) in [4.78, 5) is 4.80. The third-order valence-electron chi connectivity index (χ3n) is 4.76. The zero-order valence-electron chi connectivity index (χ0n) is 16.2. The van der Waals surface area contributed by atoms with E-state index in [9.17, 15) is 0 Å². The molecule has 0 aliphatic heterocycles. The molecule has 0 saturated carbocycles. The van der Waals surface area contributed by atoms with Crippen LogP contribution in [0.4, 0.5) is 0 Å². The van der Waals surface area contributed by atoms with Crippen LogP contribution in [0.3, 0.4) is 0 Å². The molecule has 4 rings (SSSR count). The Kier molecular flexibility index (Phi) is 4.82. The fraction of sp³-hybridized carbons (Fsp3) is 0.160. The molecule has 0 bridgehead atoms. The lowest BCUT2D eigenvalue weighted by Crippen LogP contribution is -2.10. The third kappa shape index (κ3) is 3.88. The molecule has 0 atom stereocenters. The Labute approximate surface area is 170 Å². The number of aromatic nitrogens is 1. The van der Waals surface area contributed by atoms with Gasteiger partial charge < -0.3 is 4.74 Å². The molecular formula is C25H22ClNO. The van der Waals surface area contributed by atoms with Crippen molar-refractivity contribution in [2.45, 2.75) is 26.2 Å². The van der Waals surface area contributed by atoms with E-state index in [2.05, 4.69) is 39.0 Å². The van der Waals surface area contributed by atoms with E-state index in [1.54, 1.807) is 0 Å². The molecule has 0 spiro atoms. The van der Waals surface area contributed by atoms with E-state index in [0.29, 0.717) is 10.9 Å². The summed E-state index contributed by atoms with van der Waals surface area (Å²) in [7, 11) is 0. The van der Waals surface area contributed by atoms with Gasteiger partial charge >= 0.3 is 0 Å². The number of hydrogen-bond donors (Lipinski definition) is 0. The van der Waals surface area contributed by atoms with Crippen LogP contribution in [-0.2, 0) is 5.41 Å². The van der Waals surface area contributed by atoms with Gasteiger partial charge in [-0.15, -0.1) is 0 Å². The van der Waals surface area contributed by atoms with E-state index in [0.717, 1.165) is 27.8 Å². The minimum absolute atomic E-state index is 0.101. The van der Waals surface area contributed by atoms with E-state index in [-0.39, 0.29) is 5.41 Å². The van der Waals surface area contributed by atoms with Gasteiger partial charge in [0.1, 0.15) is 5.75 Å². The predicted molar refractivity (Wildman–Crippen MR) is 117 cm³/mol. The molecule has 28 heavy (non-hydrogen) atoms. The van der Waals surface area contributed by atoms with Crippen LogP contribution in [0.2, 0.25) is 5.02 Å². The first-order valence-electron chi connectivity index (χ1n) is 9.34. The second-order valence-electron chi connectivity index (χ2n) is 7.92. The number of hydrogen-bond acceptors (Lipinski definition) is 2. The monoisotopic (exact) mass is 387 g/mol. The van der Waals surface area contributed by atoms with Crippen LogP contribution in [0.1, 0.15) is 26.3 Å². The molecule has 0 amide bonds. The normalized spacial score (nSPS) is 11.6. The lowest BCUT2D eigenvalue weighted by atomic mass is 9.87. The topological polar surface area (TPSA) is 22.1 Å². The molecule has 0 fully saturated rings. The first kappa shape index (κ1) is 18.5. The van der Waals surface area contributed by atoms with Gasteiger partial charge in [0.2, 0.25) is 5.88 Å². The standard InChI is InChI=1S/C25H22ClNO/c1-25(2,3)19-10-13-21(14-11-19)28-24-22-16-20(26)12-9-18(22)15-23(27-24)17-7-5-4-6-8-17/h4-16H,1-3H3. The van der Waals surface area contributed by atoms with Crippen LogP contribution < -0.4 is 4.74 Å². The van der Waals surface area contributed by atoms with Gasteiger partial charge in [-0.05, 0) is 46.7 Å². The fourth-order valence-corrected chi connectivity index (χ4v) is 3.33. The maximum absolute atomic E-state index is 6.24. The van der Waals surface area contributed by atoms with Crippen molar-refractivity contribution in [3.05, 3.63) is 89.4 Å². The van der Waals surface area contributed by atoms with Gasteiger partial charge in [-0.3, -0.25) is 0 Å². The van der Waals surface area contributed by atoms with Crippen molar-refractivity contribution in [1.82, 2.24) is 4.98 Å². The number of benzene rings is 3. The lowest BCUT2D eigenvalue weighted by molar-refractivity contribution is 0.469. The molecule has 0 unspecified atom stereocenters. The fourth-order valence-electron chi connectivity index (χ4n) is 3.16. The number of pyridine rings is 1. The molecule has 0 aliphatic rings. The molecule has 0 N–H and O–H groups in total. The summed E-state index contributed by atoms with van der Waals surface area (Å²) in [6.45, 7) is 6.59. The van der Waals surface area contributed by atoms with Crippen molar-refractivity contribution >= 4 is 22.4 Å². The number of halogens is 1. The van der Waals surface area contributed by atoms with Gasteiger partial charge in [0.25, 0.3) is 0 Å². The molecular weight excluding hydrogens is 366 g/mol. The van der Waals surface area contributed by atoms with Crippen molar-refractivity contribution in [3.63, 3.8) is 0 Å². The highest BCUT2D eigenvalue weighted by atomic mass is 35.5. The summed E-state index contributed by atoms with van der Waals surface area (Å²) in [5.41, 5.74) is 3.28. The Balaban J connectivity index is 1.79. The molecule has 140 valence electrons. The molecule has 1 heterocycles. The van der Waals surface area contributed by atoms with E-state index in [1.165, 1.54) is 5.56 Å². The van der Waals surface area contributed by atoms with Gasteiger partial charge in [-0.2, -0.15) is 0 Å². The average molecular weight is 388 g/mol.